The molecule has 2 rings (SSSR count). The lowest BCUT2D eigenvalue weighted by atomic mass is 9.96. The average Bonchev–Trinajstić information content (AvgIpc) is 2.25. The van der Waals surface area contributed by atoms with E-state index in [-0.39, 0.29) is 5.54 Å². The molecule has 3 nitrogen and oxygen atoms in total. The van der Waals surface area contributed by atoms with E-state index in [4.69, 9.17) is 4.74 Å². The highest BCUT2D eigenvalue weighted by molar-refractivity contribution is 5.13. The van der Waals surface area contributed by atoms with Crippen LogP contribution >= 0.6 is 0 Å². The summed E-state index contributed by atoms with van der Waals surface area (Å²) in [6.07, 6.45) is 6.17. The Bertz CT molecular complexity index is 363. The van der Waals surface area contributed by atoms with Crippen LogP contribution in [0.4, 0.5) is 0 Å². The fourth-order valence-electron chi connectivity index (χ4n) is 1.75. The van der Waals surface area contributed by atoms with Crippen LogP contribution in [0.1, 0.15) is 51.3 Å². The van der Waals surface area contributed by atoms with Gasteiger partial charge in [-0.2, -0.15) is 0 Å². The molecule has 100 valence electrons. The van der Waals surface area contributed by atoms with Crippen LogP contribution in [0.3, 0.4) is 0 Å². The van der Waals surface area contributed by atoms with E-state index in [1.807, 2.05) is 6.20 Å². The number of pyridine rings is 1. The summed E-state index contributed by atoms with van der Waals surface area (Å²) in [5.41, 5.74) is 2.39. The van der Waals surface area contributed by atoms with E-state index in [9.17, 15) is 0 Å². The average molecular weight is 248 g/mol. The Morgan fingerprint density at radius 2 is 2.11 bits per heavy atom. The van der Waals surface area contributed by atoms with Crippen molar-refractivity contribution in [3.63, 3.8) is 0 Å². The van der Waals surface area contributed by atoms with Crippen LogP contribution in [-0.4, -0.2) is 16.6 Å². The van der Waals surface area contributed by atoms with Gasteiger partial charge < -0.3 is 10.1 Å². The fraction of sp³-hybridized carbons (Fsp3) is 0.667. The van der Waals surface area contributed by atoms with Gasteiger partial charge in [-0.15, -0.1) is 0 Å². The summed E-state index contributed by atoms with van der Waals surface area (Å²) in [6, 6.07) is 4.20. The van der Waals surface area contributed by atoms with Gasteiger partial charge in [0.05, 0.1) is 18.4 Å². The van der Waals surface area contributed by atoms with E-state index in [1.165, 1.54) is 24.8 Å². The zero-order valence-corrected chi connectivity index (χ0v) is 11.7. The molecule has 0 unspecified atom stereocenters. The largest absolute Gasteiger partial charge is 0.372 e. The van der Waals surface area contributed by atoms with Crippen LogP contribution in [-0.2, 0) is 17.9 Å². The van der Waals surface area contributed by atoms with E-state index in [0.717, 1.165) is 12.2 Å². The molecule has 1 aromatic heterocycles. The summed E-state index contributed by atoms with van der Waals surface area (Å²) >= 11 is 0. The van der Waals surface area contributed by atoms with Crippen molar-refractivity contribution in [1.29, 1.82) is 0 Å². The predicted molar refractivity (Wildman–Crippen MR) is 73.3 cm³/mol. The van der Waals surface area contributed by atoms with Crippen molar-refractivity contribution in [3.05, 3.63) is 29.6 Å². The quantitative estimate of drug-likeness (QED) is 0.869. The van der Waals surface area contributed by atoms with Crippen molar-refractivity contribution < 1.29 is 4.74 Å². The number of rotatable bonds is 5. The summed E-state index contributed by atoms with van der Waals surface area (Å²) in [7, 11) is 0. The Kier molecular flexibility index (Phi) is 4.36. The van der Waals surface area contributed by atoms with Gasteiger partial charge in [0.25, 0.3) is 0 Å². The molecule has 0 saturated heterocycles. The SMILES string of the molecule is CC(C)(C)NCc1ccc(COC2CCC2)nc1. The van der Waals surface area contributed by atoms with Gasteiger partial charge in [-0.05, 0) is 51.7 Å². The monoisotopic (exact) mass is 248 g/mol. The number of ether oxygens (including phenoxy) is 1. The van der Waals surface area contributed by atoms with Gasteiger partial charge >= 0.3 is 0 Å². The Labute approximate surface area is 110 Å². The smallest absolute Gasteiger partial charge is 0.0891 e. The molecule has 1 fully saturated rings. The molecule has 1 heterocycles. The van der Waals surface area contributed by atoms with Gasteiger partial charge in [-0.1, -0.05) is 6.07 Å². The lowest BCUT2D eigenvalue weighted by Crippen LogP contribution is -2.35. The van der Waals surface area contributed by atoms with Crippen LogP contribution in [0.15, 0.2) is 18.3 Å². The van der Waals surface area contributed by atoms with Gasteiger partial charge in [0.15, 0.2) is 0 Å². The minimum Gasteiger partial charge on any atom is -0.372 e. The number of nitrogens with zero attached hydrogens (tertiary/aromatic N) is 1. The zero-order valence-electron chi connectivity index (χ0n) is 11.7. The second-order valence-corrected chi connectivity index (χ2v) is 6.13. The van der Waals surface area contributed by atoms with Gasteiger partial charge in [0.2, 0.25) is 0 Å². The molecule has 1 aliphatic rings. The number of aromatic nitrogens is 1. The summed E-state index contributed by atoms with van der Waals surface area (Å²) in [4.78, 5) is 4.44. The van der Waals surface area contributed by atoms with E-state index in [2.05, 4.69) is 43.2 Å². The summed E-state index contributed by atoms with van der Waals surface area (Å²) in [5, 5.41) is 3.45. The maximum Gasteiger partial charge on any atom is 0.0891 e. The fourth-order valence-corrected chi connectivity index (χ4v) is 1.75. The molecule has 0 bridgehead atoms. The number of hydrogen-bond acceptors (Lipinski definition) is 3. The highest BCUT2D eigenvalue weighted by Gasteiger charge is 2.17. The summed E-state index contributed by atoms with van der Waals surface area (Å²) < 4.78 is 5.74. The molecule has 0 radical (unpaired) electrons. The maximum absolute atomic E-state index is 5.74. The molecule has 1 aliphatic carbocycles. The Balaban J connectivity index is 1.77. The first-order valence-electron chi connectivity index (χ1n) is 6.83. The van der Waals surface area contributed by atoms with Crippen LogP contribution in [0, 0.1) is 0 Å². The summed E-state index contributed by atoms with van der Waals surface area (Å²) in [5.74, 6) is 0. The van der Waals surface area contributed by atoms with Crippen molar-refractivity contribution in [1.82, 2.24) is 10.3 Å². The van der Waals surface area contributed by atoms with Crippen LogP contribution in [0.2, 0.25) is 0 Å². The maximum atomic E-state index is 5.74. The minimum absolute atomic E-state index is 0.145. The highest BCUT2D eigenvalue weighted by Crippen LogP contribution is 2.22. The molecule has 0 spiro atoms. The molecular weight excluding hydrogens is 224 g/mol. The van der Waals surface area contributed by atoms with E-state index in [0.29, 0.717) is 12.7 Å². The molecule has 0 aromatic carbocycles. The molecular formula is C15H24N2O. The van der Waals surface area contributed by atoms with Crippen molar-refractivity contribution >= 4 is 0 Å². The predicted octanol–water partition coefficient (Wildman–Crippen LogP) is 3.04. The Morgan fingerprint density at radius 3 is 2.61 bits per heavy atom. The highest BCUT2D eigenvalue weighted by atomic mass is 16.5. The minimum atomic E-state index is 0.145. The third kappa shape index (κ3) is 4.39. The molecule has 1 N–H and O–H groups in total. The molecule has 1 aromatic rings. The van der Waals surface area contributed by atoms with Crippen molar-refractivity contribution in [2.24, 2.45) is 0 Å². The van der Waals surface area contributed by atoms with Crippen LogP contribution in [0.25, 0.3) is 0 Å². The Hall–Kier alpha value is -0.930. The molecule has 3 heteroatoms. The van der Waals surface area contributed by atoms with Gasteiger partial charge in [-0.25, -0.2) is 0 Å². The molecule has 0 aliphatic heterocycles. The van der Waals surface area contributed by atoms with Gasteiger partial charge in [0, 0.05) is 18.3 Å². The summed E-state index contributed by atoms with van der Waals surface area (Å²) in [6.45, 7) is 8.02. The third-order valence-electron chi connectivity index (χ3n) is 3.23. The molecule has 18 heavy (non-hydrogen) atoms. The molecule has 0 amide bonds. The first-order valence-corrected chi connectivity index (χ1v) is 6.83. The van der Waals surface area contributed by atoms with E-state index >= 15 is 0 Å². The van der Waals surface area contributed by atoms with Crippen LogP contribution in [0.5, 0.6) is 0 Å². The second-order valence-electron chi connectivity index (χ2n) is 6.13. The number of hydrogen-bond donors (Lipinski definition) is 1. The lowest BCUT2D eigenvalue weighted by molar-refractivity contribution is -0.0101. The normalized spacial score (nSPS) is 16.6. The van der Waals surface area contributed by atoms with Crippen molar-refractivity contribution in [2.45, 2.75) is 64.8 Å². The second kappa shape index (κ2) is 5.81. The van der Waals surface area contributed by atoms with Crippen molar-refractivity contribution in [2.75, 3.05) is 0 Å². The zero-order chi connectivity index (χ0) is 13.0. The van der Waals surface area contributed by atoms with Gasteiger partial charge in [-0.3, -0.25) is 4.98 Å². The molecule has 0 atom stereocenters. The van der Waals surface area contributed by atoms with E-state index < -0.39 is 0 Å². The standard InChI is InChI=1S/C15H24N2O/c1-15(2,3)17-10-12-7-8-13(16-9-12)11-18-14-5-4-6-14/h7-9,14,17H,4-6,10-11H2,1-3H3. The first kappa shape index (κ1) is 13.5. The van der Waals surface area contributed by atoms with Crippen molar-refractivity contribution in [3.8, 4) is 0 Å². The topological polar surface area (TPSA) is 34.1 Å². The number of nitrogens with one attached hydrogen (secondary N) is 1. The Morgan fingerprint density at radius 1 is 1.33 bits per heavy atom. The lowest BCUT2D eigenvalue weighted by Gasteiger charge is -2.25. The van der Waals surface area contributed by atoms with Gasteiger partial charge in [0.1, 0.15) is 0 Å². The van der Waals surface area contributed by atoms with E-state index in [1.54, 1.807) is 0 Å². The third-order valence-corrected chi connectivity index (χ3v) is 3.23. The first-order chi connectivity index (χ1) is 8.53. The molecule has 1 saturated carbocycles. The van der Waals surface area contributed by atoms with Crippen LogP contribution < -0.4 is 5.32 Å².